The molecule has 0 saturated carbocycles. The summed E-state index contributed by atoms with van der Waals surface area (Å²) in [6.07, 6.45) is 0.318. The van der Waals surface area contributed by atoms with Crippen molar-refractivity contribution >= 4 is 5.91 Å². The van der Waals surface area contributed by atoms with Gasteiger partial charge in [0.25, 0.3) is 0 Å². The SMILES string of the molecule is Cc1ccc(C(C)NC(=O)CCOc2ccccc2)o1. The monoisotopic (exact) mass is 273 g/mol. The molecule has 1 amide bonds. The Morgan fingerprint density at radius 3 is 2.65 bits per heavy atom. The van der Waals surface area contributed by atoms with Crippen LogP contribution >= 0.6 is 0 Å². The normalized spacial score (nSPS) is 11.9. The van der Waals surface area contributed by atoms with E-state index in [4.69, 9.17) is 9.15 Å². The molecule has 2 aromatic rings. The Kier molecular flexibility index (Phi) is 4.82. The van der Waals surface area contributed by atoms with Crippen molar-refractivity contribution in [3.63, 3.8) is 0 Å². The molecule has 1 aromatic carbocycles. The van der Waals surface area contributed by atoms with Gasteiger partial charge < -0.3 is 14.5 Å². The molecule has 1 atom stereocenters. The van der Waals surface area contributed by atoms with Gasteiger partial charge in [-0.1, -0.05) is 18.2 Å². The Hall–Kier alpha value is -2.23. The van der Waals surface area contributed by atoms with Gasteiger partial charge in [-0.25, -0.2) is 0 Å². The summed E-state index contributed by atoms with van der Waals surface area (Å²) in [5, 5.41) is 2.88. The minimum absolute atomic E-state index is 0.0533. The minimum Gasteiger partial charge on any atom is -0.493 e. The number of ether oxygens (including phenoxy) is 1. The third-order valence-electron chi connectivity index (χ3n) is 2.91. The van der Waals surface area contributed by atoms with E-state index in [9.17, 15) is 4.79 Å². The van der Waals surface area contributed by atoms with E-state index in [1.54, 1.807) is 0 Å². The van der Waals surface area contributed by atoms with E-state index >= 15 is 0 Å². The summed E-state index contributed by atoms with van der Waals surface area (Å²) in [6, 6.07) is 13.1. The topological polar surface area (TPSA) is 51.5 Å². The van der Waals surface area contributed by atoms with E-state index in [2.05, 4.69) is 5.32 Å². The maximum Gasteiger partial charge on any atom is 0.224 e. The molecule has 0 saturated heterocycles. The van der Waals surface area contributed by atoms with Crippen LogP contribution in [0.25, 0.3) is 0 Å². The fourth-order valence-corrected chi connectivity index (χ4v) is 1.85. The van der Waals surface area contributed by atoms with Crippen LogP contribution in [0.4, 0.5) is 0 Å². The number of hydrogen-bond acceptors (Lipinski definition) is 3. The lowest BCUT2D eigenvalue weighted by molar-refractivity contribution is -0.122. The summed E-state index contributed by atoms with van der Waals surface area (Å²) in [4.78, 5) is 11.8. The van der Waals surface area contributed by atoms with Gasteiger partial charge in [-0.15, -0.1) is 0 Å². The Labute approximate surface area is 118 Å². The number of amides is 1. The van der Waals surface area contributed by atoms with Crippen LogP contribution in [-0.4, -0.2) is 12.5 Å². The predicted octanol–water partition coefficient (Wildman–Crippen LogP) is 3.23. The van der Waals surface area contributed by atoms with E-state index in [1.807, 2.05) is 56.3 Å². The van der Waals surface area contributed by atoms with Crippen LogP contribution in [0.15, 0.2) is 46.9 Å². The average molecular weight is 273 g/mol. The number of benzene rings is 1. The molecular weight excluding hydrogens is 254 g/mol. The van der Waals surface area contributed by atoms with Gasteiger partial charge in [0.2, 0.25) is 5.91 Å². The second kappa shape index (κ2) is 6.80. The highest BCUT2D eigenvalue weighted by Crippen LogP contribution is 2.15. The van der Waals surface area contributed by atoms with Gasteiger partial charge >= 0.3 is 0 Å². The molecule has 2 rings (SSSR count). The molecule has 0 spiro atoms. The van der Waals surface area contributed by atoms with Crippen molar-refractivity contribution in [1.29, 1.82) is 0 Å². The molecule has 1 N–H and O–H groups in total. The molecule has 0 bridgehead atoms. The van der Waals surface area contributed by atoms with Crippen molar-refractivity contribution in [1.82, 2.24) is 5.32 Å². The van der Waals surface area contributed by atoms with Crippen molar-refractivity contribution in [2.24, 2.45) is 0 Å². The van der Waals surface area contributed by atoms with E-state index in [0.29, 0.717) is 13.0 Å². The predicted molar refractivity (Wildman–Crippen MR) is 76.6 cm³/mol. The number of rotatable bonds is 6. The van der Waals surface area contributed by atoms with E-state index in [0.717, 1.165) is 17.3 Å². The van der Waals surface area contributed by atoms with Gasteiger partial charge in [0.05, 0.1) is 19.1 Å². The van der Waals surface area contributed by atoms with Gasteiger partial charge in [0.15, 0.2) is 0 Å². The fourth-order valence-electron chi connectivity index (χ4n) is 1.85. The van der Waals surface area contributed by atoms with Crippen molar-refractivity contribution in [3.05, 3.63) is 54.0 Å². The molecule has 1 heterocycles. The summed E-state index contributed by atoms with van der Waals surface area (Å²) in [6.45, 7) is 4.14. The van der Waals surface area contributed by atoms with Crippen LogP contribution in [0.3, 0.4) is 0 Å². The first-order chi connectivity index (χ1) is 9.65. The zero-order valence-electron chi connectivity index (χ0n) is 11.8. The first-order valence-electron chi connectivity index (χ1n) is 6.68. The molecule has 0 radical (unpaired) electrons. The largest absolute Gasteiger partial charge is 0.493 e. The Morgan fingerprint density at radius 2 is 2.00 bits per heavy atom. The van der Waals surface area contributed by atoms with E-state index in [-0.39, 0.29) is 11.9 Å². The van der Waals surface area contributed by atoms with Gasteiger partial charge in [-0.3, -0.25) is 4.79 Å². The third-order valence-corrected chi connectivity index (χ3v) is 2.91. The molecule has 4 nitrogen and oxygen atoms in total. The van der Waals surface area contributed by atoms with Crippen LogP contribution in [0.2, 0.25) is 0 Å². The first kappa shape index (κ1) is 14.2. The van der Waals surface area contributed by atoms with Gasteiger partial charge in [0.1, 0.15) is 17.3 Å². The third kappa shape index (κ3) is 4.16. The van der Waals surface area contributed by atoms with Crippen molar-refractivity contribution in [2.75, 3.05) is 6.61 Å². The van der Waals surface area contributed by atoms with Gasteiger partial charge in [-0.2, -0.15) is 0 Å². The highest BCUT2D eigenvalue weighted by Gasteiger charge is 2.12. The molecule has 0 aliphatic heterocycles. The molecule has 20 heavy (non-hydrogen) atoms. The first-order valence-corrected chi connectivity index (χ1v) is 6.68. The van der Waals surface area contributed by atoms with Gasteiger partial charge in [0, 0.05) is 0 Å². The number of carbonyl (C=O) groups is 1. The lowest BCUT2D eigenvalue weighted by Crippen LogP contribution is -2.27. The Balaban J connectivity index is 1.73. The molecule has 106 valence electrons. The second-order valence-electron chi connectivity index (χ2n) is 4.65. The number of nitrogens with one attached hydrogen (secondary N) is 1. The summed E-state index contributed by atoms with van der Waals surface area (Å²) in [7, 11) is 0. The maximum atomic E-state index is 11.8. The van der Waals surface area contributed by atoms with E-state index in [1.165, 1.54) is 0 Å². The van der Waals surface area contributed by atoms with Crippen molar-refractivity contribution in [3.8, 4) is 5.75 Å². The zero-order valence-corrected chi connectivity index (χ0v) is 11.8. The van der Waals surface area contributed by atoms with Crippen molar-refractivity contribution < 1.29 is 13.9 Å². The zero-order chi connectivity index (χ0) is 14.4. The highest BCUT2D eigenvalue weighted by atomic mass is 16.5. The Bertz CT molecular complexity index is 548. The number of carbonyl (C=O) groups excluding carboxylic acids is 1. The molecule has 0 aliphatic carbocycles. The fraction of sp³-hybridized carbons (Fsp3) is 0.312. The number of aryl methyl sites for hydroxylation is 1. The summed E-state index contributed by atoms with van der Waals surface area (Å²) in [5.41, 5.74) is 0. The van der Waals surface area contributed by atoms with Crippen LogP contribution in [-0.2, 0) is 4.79 Å². The van der Waals surface area contributed by atoms with Gasteiger partial charge in [-0.05, 0) is 38.1 Å². The Morgan fingerprint density at radius 1 is 1.25 bits per heavy atom. The van der Waals surface area contributed by atoms with Crippen LogP contribution < -0.4 is 10.1 Å². The molecular formula is C16H19NO3. The molecule has 4 heteroatoms. The molecule has 0 fully saturated rings. The number of furan rings is 1. The van der Waals surface area contributed by atoms with Crippen LogP contribution in [0.5, 0.6) is 5.75 Å². The summed E-state index contributed by atoms with van der Waals surface area (Å²) < 4.78 is 11.0. The molecule has 1 aromatic heterocycles. The summed E-state index contributed by atoms with van der Waals surface area (Å²) in [5.74, 6) is 2.32. The molecule has 0 aliphatic rings. The second-order valence-corrected chi connectivity index (χ2v) is 4.65. The standard InChI is InChI=1S/C16H19NO3/c1-12-8-9-15(20-12)13(2)17-16(18)10-11-19-14-6-4-3-5-7-14/h3-9,13H,10-11H2,1-2H3,(H,17,18). The average Bonchev–Trinajstić information content (AvgIpc) is 2.87. The number of hydrogen-bond donors (Lipinski definition) is 1. The minimum atomic E-state index is -0.132. The maximum absolute atomic E-state index is 11.8. The summed E-state index contributed by atoms with van der Waals surface area (Å²) >= 11 is 0. The smallest absolute Gasteiger partial charge is 0.224 e. The highest BCUT2D eigenvalue weighted by molar-refractivity contribution is 5.76. The van der Waals surface area contributed by atoms with Crippen molar-refractivity contribution in [2.45, 2.75) is 26.3 Å². The van der Waals surface area contributed by atoms with Crippen LogP contribution in [0.1, 0.15) is 30.9 Å². The lowest BCUT2D eigenvalue weighted by Gasteiger charge is -2.12. The number of para-hydroxylation sites is 1. The molecule has 1 unspecified atom stereocenters. The van der Waals surface area contributed by atoms with Crippen LogP contribution in [0, 0.1) is 6.92 Å². The van der Waals surface area contributed by atoms with E-state index < -0.39 is 0 Å². The lowest BCUT2D eigenvalue weighted by atomic mass is 10.2. The quantitative estimate of drug-likeness (QED) is 0.879.